The summed E-state index contributed by atoms with van der Waals surface area (Å²) in [6.45, 7) is 2.73. The molecular formula is C23H26N4O4. The van der Waals surface area contributed by atoms with E-state index in [1.54, 1.807) is 0 Å². The summed E-state index contributed by atoms with van der Waals surface area (Å²) in [5.41, 5.74) is 9.96. The van der Waals surface area contributed by atoms with Crippen LogP contribution >= 0.6 is 0 Å². The van der Waals surface area contributed by atoms with Gasteiger partial charge in [-0.3, -0.25) is 9.69 Å². The molecule has 0 spiro atoms. The van der Waals surface area contributed by atoms with Gasteiger partial charge >= 0.3 is 5.97 Å². The summed E-state index contributed by atoms with van der Waals surface area (Å²) in [6.07, 6.45) is 3.06. The molecule has 2 aliphatic rings. The minimum Gasteiger partial charge on any atom is -0.506 e. The number of nitrogens with two attached hydrogens (primary N) is 1. The molecule has 2 aromatic heterocycles. The van der Waals surface area contributed by atoms with Crippen molar-refractivity contribution in [1.29, 1.82) is 0 Å². The van der Waals surface area contributed by atoms with Gasteiger partial charge < -0.3 is 25.5 Å². The Hall–Kier alpha value is -3.10. The van der Waals surface area contributed by atoms with Crippen molar-refractivity contribution in [3.8, 4) is 17.0 Å². The first kappa shape index (κ1) is 19.8. The van der Waals surface area contributed by atoms with Crippen molar-refractivity contribution in [2.45, 2.75) is 38.3 Å². The highest BCUT2D eigenvalue weighted by molar-refractivity contribution is 5.93. The molecule has 0 bridgehead atoms. The van der Waals surface area contributed by atoms with E-state index in [1.807, 2.05) is 6.07 Å². The van der Waals surface area contributed by atoms with E-state index in [2.05, 4.69) is 33.6 Å². The molecule has 0 saturated carbocycles. The number of nitrogens with one attached hydrogen (secondary N) is 1. The third-order valence-electron chi connectivity index (χ3n) is 6.71. The lowest BCUT2D eigenvalue weighted by atomic mass is 9.98. The molecule has 3 heterocycles. The van der Waals surface area contributed by atoms with E-state index < -0.39 is 22.8 Å². The van der Waals surface area contributed by atoms with Gasteiger partial charge in [0.05, 0.1) is 5.69 Å². The van der Waals surface area contributed by atoms with Crippen LogP contribution in [0.1, 0.15) is 40.0 Å². The maximum Gasteiger partial charge on any atom is 0.345 e. The Kier molecular flexibility index (Phi) is 4.64. The highest BCUT2D eigenvalue weighted by Crippen LogP contribution is 2.38. The van der Waals surface area contributed by atoms with E-state index >= 15 is 0 Å². The number of aromatic nitrogens is 2. The van der Waals surface area contributed by atoms with E-state index in [0.29, 0.717) is 17.7 Å². The van der Waals surface area contributed by atoms with E-state index in [-0.39, 0.29) is 6.04 Å². The van der Waals surface area contributed by atoms with Crippen LogP contribution < -0.4 is 11.3 Å². The summed E-state index contributed by atoms with van der Waals surface area (Å²) in [5.74, 6) is -1.84. The van der Waals surface area contributed by atoms with Crippen LogP contribution in [0, 0.1) is 0 Å². The van der Waals surface area contributed by atoms with Crippen LogP contribution in [0.15, 0.2) is 23.0 Å². The van der Waals surface area contributed by atoms with E-state index in [4.69, 9.17) is 5.73 Å². The van der Waals surface area contributed by atoms with Gasteiger partial charge in [0.15, 0.2) is 5.56 Å². The molecule has 0 amide bonds. The fourth-order valence-electron chi connectivity index (χ4n) is 5.07. The van der Waals surface area contributed by atoms with Gasteiger partial charge in [-0.2, -0.15) is 0 Å². The van der Waals surface area contributed by atoms with Crippen molar-refractivity contribution < 1.29 is 15.0 Å². The number of pyridine rings is 1. The summed E-state index contributed by atoms with van der Waals surface area (Å²) < 4.78 is 2.21. The van der Waals surface area contributed by atoms with E-state index in [9.17, 15) is 19.8 Å². The second-order valence-electron chi connectivity index (χ2n) is 8.74. The largest absolute Gasteiger partial charge is 0.506 e. The molecule has 31 heavy (non-hydrogen) atoms. The van der Waals surface area contributed by atoms with Gasteiger partial charge in [-0.15, -0.1) is 0 Å². The van der Waals surface area contributed by atoms with E-state index in [0.717, 1.165) is 60.9 Å². The Morgan fingerprint density at radius 2 is 2.10 bits per heavy atom. The first-order valence-electron chi connectivity index (χ1n) is 10.6. The number of aromatic carboxylic acids is 1. The van der Waals surface area contributed by atoms with Crippen LogP contribution in [0.5, 0.6) is 5.75 Å². The van der Waals surface area contributed by atoms with Crippen LogP contribution in [-0.4, -0.2) is 49.8 Å². The maximum atomic E-state index is 12.4. The van der Waals surface area contributed by atoms with Crippen molar-refractivity contribution in [2.75, 3.05) is 13.1 Å². The van der Waals surface area contributed by atoms with Gasteiger partial charge in [0.1, 0.15) is 5.75 Å². The van der Waals surface area contributed by atoms with Gasteiger partial charge in [-0.25, -0.2) is 4.79 Å². The van der Waals surface area contributed by atoms with Gasteiger partial charge in [0.2, 0.25) is 0 Å². The fourth-order valence-corrected chi connectivity index (χ4v) is 5.07. The number of aromatic amines is 1. The van der Waals surface area contributed by atoms with Crippen molar-refractivity contribution in [3.05, 3.63) is 50.9 Å². The number of carboxylic acid groups (broad SMARTS) is 1. The van der Waals surface area contributed by atoms with Crippen LogP contribution in [-0.2, 0) is 26.4 Å². The van der Waals surface area contributed by atoms with Crippen molar-refractivity contribution >= 4 is 16.9 Å². The normalized spacial score (nSPS) is 18.7. The Balaban J connectivity index is 1.64. The number of hydrogen-bond donors (Lipinski definition) is 4. The molecule has 1 aromatic carbocycles. The molecule has 5 rings (SSSR count). The summed E-state index contributed by atoms with van der Waals surface area (Å²) >= 11 is 0. The molecule has 1 aliphatic heterocycles. The van der Waals surface area contributed by atoms with Crippen LogP contribution in [0.3, 0.4) is 0 Å². The average molecular weight is 422 g/mol. The monoisotopic (exact) mass is 422 g/mol. The fraction of sp³-hybridized carbons (Fsp3) is 0.391. The second-order valence-corrected chi connectivity index (χ2v) is 8.74. The maximum absolute atomic E-state index is 12.4. The highest BCUT2D eigenvalue weighted by atomic mass is 16.4. The van der Waals surface area contributed by atoms with Crippen molar-refractivity contribution in [1.82, 2.24) is 14.5 Å². The minimum absolute atomic E-state index is 0.238. The average Bonchev–Trinajstić information content (AvgIpc) is 3.19. The molecule has 8 nitrogen and oxygen atoms in total. The number of nitrogens with zero attached hydrogens (tertiary/aromatic N) is 2. The molecule has 8 heteroatoms. The molecule has 1 saturated heterocycles. The zero-order chi connectivity index (χ0) is 21.9. The van der Waals surface area contributed by atoms with Crippen LogP contribution in [0.25, 0.3) is 22.2 Å². The number of rotatable bonds is 3. The summed E-state index contributed by atoms with van der Waals surface area (Å²) in [4.78, 5) is 28.9. The number of carboxylic acids is 1. The molecule has 162 valence electrons. The lowest BCUT2D eigenvalue weighted by Crippen LogP contribution is -2.26. The number of fused-ring (bicyclic) bond motifs is 4. The van der Waals surface area contributed by atoms with Crippen molar-refractivity contribution in [2.24, 2.45) is 12.8 Å². The molecular weight excluding hydrogens is 396 g/mol. The van der Waals surface area contributed by atoms with Crippen LogP contribution in [0.4, 0.5) is 0 Å². The number of carbonyl (C=O) groups is 1. The van der Waals surface area contributed by atoms with Gasteiger partial charge in [-0.05, 0) is 49.4 Å². The second kappa shape index (κ2) is 7.25. The number of aromatic hydroxyl groups is 1. The Morgan fingerprint density at radius 3 is 2.81 bits per heavy atom. The number of likely N-dealkylation sites (tertiary alicyclic amines) is 1. The number of hydrogen-bond acceptors (Lipinski definition) is 5. The summed E-state index contributed by atoms with van der Waals surface area (Å²) in [5, 5.41) is 20.9. The molecule has 0 radical (unpaired) electrons. The van der Waals surface area contributed by atoms with E-state index in [1.165, 1.54) is 5.69 Å². The standard InChI is InChI=1S/C23H26N4O4/c1-26-15(11-27-6-5-14(24)10-27)7-13-8-17-12(9-18(13)26)3-2-4-16-20(17)25-22(29)19(21(16)28)23(30)31/h7-9,14H,2-6,10-11,24H2,1H3,(H,30,31)(H2,25,28,29). The number of aryl methyl sites for hydroxylation is 2. The zero-order valence-electron chi connectivity index (χ0n) is 17.4. The molecule has 3 aromatic rings. The first-order chi connectivity index (χ1) is 14.8. The Bertz CT molecular complexity index is 1270. The molecule has 5 N–H and O–H groups in total. The van der Waals surface area contributed by atoms with Gasteiger partial charge in [0, 0.05) is 60.4 Å². The SMILES string of the molecule is Cn1c(CN2CCC(N)C2)cc2cc3c(cc21)CCCc1c-3[nH]c(=O)c(C(=O)O)c1O. The third kappa shape index (κ3) is 3.23. The molecule has 1 fully saturated rings. The topological polar surface area (TPSA) is 125 Å². The summed E-state index contributed by atoms with van der Waals surface area (Å²) in [6, 6.07) is 6.60. The number of H-pyrrole nitrogens is 1. The highest BCUT2D eigenvalue weighted by Gasteiger charge is 2.26. The smallest absolute Gasteiger partial charge is 0.345 e. The molecule has 1 atom stereocenters. The predicted molar refractivity (Wildman–Crippen MR) is 117 cm³/mol. The predicted octanol–water partition coefficient (Wildman–Crippen LogP) is 1.96. The van der Waals surface area contributed by atoms with Gasteiger partial charge in [0.25, 0.3) is 5.56 Å². The minimum atomic E-state index is -1.42. The molecule has 1 aliphatic carbocycles. The van der Waals surface area contributed by atoms with Gasteiger partial charge in [-0.1, -0.05) is 0 Å². The lowest BCUT2D eigenvalue weighted by molar-refractivity contribution is 0.0691. The Morgan fingerprint density at radius 1 is 1.29 bits per heavy atom. The first-order valence-corrected chi connectivity index (χ1v) is 10.6. The lowest BCUT2D eigenvalue weighted by Gasteiger charge is -2.15. The zero-order valence-corrected chi connectivity index (χ0v) is 17.4. The van der Waals surface area contributed by atoms with Crippen LogP contribution in [0.2, 0.25) is 0 Å². The van der Waals surface area contributed by atoms with Crippen molar-refractivity contribution in [3.63, 3.8) is 0 Å². The summed E-state index contributed by atoms with van der Waals surface area (Å²) in [7, 11) is 2.07. The Labute approximate surface area is 178 Å². The quantitative estimate of drug-likeness (QED) is 0.511. The molecule has 1 unspecified atom stereocenters. The number of benzene rings is 1. The third-order valence-corrected chi connectivity index (χ3v) is 6.71.